The molecule has 0 unspecified atom stereocenters. The summed E-state index contributed by atoms with van der Waals surface area (Å²) < 4.78 is 0. The quantitative estimate of drug-likeness (QED) is 0.594. The summed E-state index contributed by atoms with van der Waals surface area (Å²) in [5, 5.41) is 9.95. The molecule has 0 aliphatic heterocycles. The number of Topliss-reactive ketones (excluding diaryl/α,β-unsaturated/α-hetero) is 1. The minimum atomic E-state index is -0.244. The number of carbonyl (C=O) groups excluding carboxylic acids is 1. The SMILES string of the molecule is CC(=O)c1nc(Cl)c2cc(O)ccc2n1. The summed E-state index contributed by atoms with van der Waals surface area (Å²) in [7, 11) is 0. The second-order valence-electron chi connectivity index (χ2n) is 3.10. The molecule has 0 bridgehead atoms. The van der Waals surface area contributed by atoms with Crippen LogP contribution < -0.4 is 0 Å². The summed E-state index contributed by atoms with van der Waals surface area (Å²) in [6, 6.07) is 4.53. The van der Waals surface area contributed by atoms with Crippen LogP contribution in [-0.4, -0.2) is 20.9 Å². The summed E-state index contributed by atoms with van der Waals surface area (Å²) in [5.41, 5.74) is 0.540. The maximum absolute atomic E-state index is 11.1. The highest BCUT2D eigenvalue weighted by Crippen LogP contribution is 2.24. The number of carbonyl (C=O) groups is 1. The van der Waals surface area contributed by atoms with Gasteiger partial charge in [0.25, 0.3) is 0 Å². The molecule has 0 spiro atoms. The fourth-order valence-electron chi connectivity index (χ4n) is 1.24. The molecular weight excluding hydrogens is 216 g/mol. The van der Waals surface area contributed by atoms with Gasteiger partial charge in [-0.25, -0.2) is 9.97 Å². The maximum atomic E-state index is 11.1. The summed E-state index contributed by atoms with van der Waals surface area (Å²) >= 11 is 5.86. The lowest BCUT2D eigenvalue weighted by atomic mass is 10.2. The number of rotatable bonds is 1. The van der Waals surface area contributed by atoms with Gasteiger partial charge >= 0.3 is 0 Å². The minimum Gasteiger partial charge on any atom is -0.508 e. The van der Waals surface area contributed by atoms with Gasteiger partial charge in [0.05, 0.1) is 5.52 Å². The van der Waals surface area contributed by atoms with E-state index in [1.165, 1.54) is 19.1 Å². The van der Waals surface area contributed by atoms with E-state index in [1.807, 2.05) is 0 Å². The van der Waals surface area contributed by atoms with E-state index in [2.05, 4.69) is 9.97 Å². The predicted octanol–water partition coefficient (Wildman–Crippen LogP) is 2.19. The van der Waals surface area contributed by atoms with E-state index in [-0.39, 0.29) is 22.5 Å². The van der Waals surface area contributed by atoms with Crippen LogP contribution in [-0.2, 0) is 0 Å². The Bertz CT molecular complexity index is 554. The van der Waals surface area contributed by atoms with Gasteiger partial charge in [-0.3, -0.25) is 4.79 Å². The van der Waals surface area contributed by atoms with Crippen LogP contribution in [0.3, 0.4) is 0 Å². The lowest BCUT2D eigenvalue weighted by Gasteiger charge is -2.02. The second-order valence-corrected chi connectivity index (χ2v) is 3.45. The normalized spacial score (nSPS) is 10.5. The molecule has 0 aliphatic carbocycles. The first-order valence-corrected chi connectivity index (χ1v) is 4.63. The third-order valence-electron chi connectivity index (χ3n) is 1.95. The fraction of sp³-hybridized carbons (Fsp3) is 0.100. The Balaban J connectivity index is 2.78. The molecule has 0 atom stereocenters. The van der Waals surface area contributed by atoms with Gasteiger partial charge in [-0.15, -0.1) is 0 Å². The molecule has 1 aromatic carbocycles. The third-order valence-corrected chi connectivity index (χ3v) is 2.24. The van der Waals surface area contributed by atoms with Crippen molar-refractivity contribution in [2.45, 2.75) is 6.92 Å². The standard InChI is InChI=1S/C10H7ClN2O2/c1-5(14)10-12-8-3-2-6(15)4-7(8)9(11)13-10/h2-4,15H,1H3. The summed E-state index contributed by atoms with van der Waals surface area (Å²) in [6.45, 7) is 1.37. The number of benzene rings is 1. The number of phenolic OH excluding ortho intramolecular Hbond substituents is 1. The van der Waals surface area contributed by atoms with Crippen LogP contribution in [0, 0.1) is 0 Å². The molecule has 0 fully saturated rings. The molecule has 15 heavy (non-hydrogen) atoms. The van der Waals surface area contributed by atoms with E-state index in [1.54, 1.807) is 6.07 Å². The van der Waals surface area contributed by atoms with Crippen molar-refractivity contribution in [3.05, 3.63) is 29.2 Å². The van der Waals surface area contributed by atoms with E-state index < -0.39 is 0 Å². The fourth-order valence-corrected chi connectivity index (χ4v) is 1.47. The van der Waals surface area contributed by atoms with Crippen molar-refractivity contribution >= 4 is 28.3 Å². The Morgan fingerprint density at radius 1 is 1.40 bits per heavy atom. The Kier molecular flexibility index (Phi) is 2.28. The Labute approximate surface area is 90.5 Å². The number of halogens is 1. The first-order chi connectivity index (χ1) is 7.08. The lowest BCUT2D eigenvalue weighted by molar-refractivity contribution is 0.100. The lowest BCUT2D eigenvalue weighted by Crippen LogP contribution is -2.01. The minimum absolute atomic E-state index is 0.0817. The number of aromatic nitrogens is 2. The van der Waals surface area contributed by atoms with Gasteiger partial charge in [0.2, 0.25) is 0 Å². The number of aromatic hydroxyl groups is 1. The average molecular weight is 223 g/mol. The number of fused-ring (bicyclic) bond motifs is 1. The second kappa shape index (κ2) is 3.47. The van der Waals surface area contributed by atoms with Gasteiger partial charge in [-0.2, -0.15) is 0 Å². The maximum Gasteiger partial charge on any atom is 0.197 e. The number of hydrogen-bond donors (Lipinski definition) is 1. The van der Waals surface area contributed by atoms with Gasteiger partial charge in [-0.1, -0.05) is 11.6 Å². The Morgan fingerprint density at radius 2 is 2.13 bits per heavy atom. The molecule has 0 radical (unpaired) electrons. The summed E-state index contributed by atoms with van der Waals surface area (Å²) in [4.78, 5) is 18.9. The van der Waals surface area contributed by atoms with E-state index in [4.69, 9.17) is 11.6 Å². The molecule has 0 aliphatic rings. The molecule has 0 saturated heterocycles. The monoisotopic (exact) mass is 222 g/mol. The highest BCUT2D eigenvalue weighted by atomic mass is 35.5. The van der Waals surface area contributed by atoms with Gasteiger partial charge in [0.1, 0.15) is 10.9 Å². The summed E-state index contributed by atoms with van der Waals surface area (Å²) in [5.74, 6) is -0.0753. The average Bonchev–Trinajstić information content (AvgIpc) is 2.18. The molecule has 4 nitrogen and oxygen atoms in total. The molecule has 0 saturated carbocycles. The van der Waals surface area contributed by atoms with Crippen molar-refractivity contribution in [3.8, 4) is 5.75 Å². The first-order valence-electron chi connectivity index (χ1n) is 4.25. The Hall–Kier alpha value is -1.68. The van der Waals surface area contributed by atoms with Crippen molar-refractivity contribution < 1.29 is 9.90 Å². The topological polar surface area (TPSA) is 63.1 Å². The molecule has 2 aromatic rings. The molecule has 76 valence electrons. The van der Waals surface area contributed by atoms with Crippen LogP contribution in [0.4, 0.5) is 0 Å². The molecule has 0 amide bonds. The van der Waals surface area contributed by atoms with Crippen LogP contribution in [0.1, 0.15) is 17.5 Å². The van der Waals surface area contributed by atoms with E-state index in [0.29, 0.717) is 10.9 Å². The Morgan fingerprint density at radius 3 is 2.80 bits per heavy atom. The van der Waals surface area contributed by atoms with E-state index in [0.717, 1.165) is 0 Å². The van der Waals surface area contributed by atoms with E-state index >= 15 is 0 Å². The smallest absolute Gasteiger partial charge is 0.197 e. The predicted molar refractivity (Wildman–Crippen MR) is 56.2 cm³/mol. The number of ketones is 1. The van der Waals surface area contributed by atoms with Crippen LogP contribution in [0.25, 0.3) is 10.9 Å². The zero-order chi connectivity index (χ0) is 11.0. The molecule has 1 aromatic heterocycles. The molecule has 1 heterocycles. The van der Waals surface area contributed by atoms with Crippen molar-refractivity contribution in [3.63, 3.8) is 0 Å². The highest BCUT2D eigenvalue weighted by Gasteiger charge is 2.09. The van der Waals surface area contributed by atoms with Gasteiger partial charge < -0.3 is 5.11 Å². The largest absolute Gasteiger partial charge is 0.508 e. The van der Waals surface area contributed by atoms with Gasteiger partial charge in [0, 0.05) is 12.3 Å². The number of phenols is 1. The van der Waals surface area contributed by atoms with Crippen LogP contribution in [0.2, 0.25) is 5.15 Å². The first kappa shape index (κ1) is 9.86. The third kappa shape index (κ3) is 1.76. The molecule has 2 rings (SSSR count). The van der Waals surface area contributed by atoms with Crippen LogP contribution >= 0.6 is 11.6 Å². The van der Waals surface area contributed by atoms with Crippen LogP contribution in [0.15, 0.2) is 18.2 Å². The molecule has 1 N–H and O–H groups in total. The molecule has 5 heteroatoms. The van der Waals surface area contributed by atoms with Crippen molar-refractivity contribution in [1.82, 2.24) is 9.97 Å². The van der Waals surface area contributed by atoms with Crippen molar-refractivity contribution in [2.75, 3.05) is 0 Å². The van der Waals surface area contributed by atoms with E-state index in [9.17, 15) is 9.90 Å². The van der Waals surface area contributed by atoms with Gasteiger partial charge in [-0.05, 0) is 18.2 Å². The number of hydrogen-bond acceptors (Lipinski definition) is 4. The zero-order valence-corrected chi connectivity index (χ0v) is 8.62. The van der Waals surface area contributed by atoms with Crippen molar-refractivity contribution in [2.24, 2.45) is 0 Å². The highest BCUT2D eigenvalue weighted by molar-refractivity contribution is 6.34. The van der Waals surface area contributed by atoms with Crippen molar-refractivity contribution in [1.29, 1.82) is 0 Å². The van der Waals surface area contributed by atoms with Gasteiger partial charge in [0.15, 0.2) is 11.6 Å². The van der Waals surface area contributed by atoms with Crippen LogP contribution in [0.5, 0.6) is 5.75 Å². The molecular formula is C10H7ClN2O2. The summed E-state index contributed by atoms with van der Waals surface area (Å²) in [6.07, 6.45) is 0. The number of nitrogens with zero attached hydrogens (tertiary/aromatic N) is 2. The zero-order valence-electron chi connectivity index (χ0n) is 7.86.